The first kappa shape index (κ1) is 12.7. The smallest absolute Gasteiger partial charge is 0.331 e. The Morgan fingerprint density at radius 2 is 2.00 bits per heavy atom. The van der Waals surface area contributed by atoms with Crippen LogP contribution in [0.5, 0.6) is 0 Å². The Morgan fingerprint density at radius 3 is 2.50 bits per heavy atom. The van der Waals surface area contributed by atoms with Gasteiger partial charge in [-0.05, 0) is 15.9 Å². The normalized spacial score (nSPS) is 10.2. The highest BCUT2D eigenvalue weighted by molar-refractivity contribution is 9.10. The van der Waals surface area contributed by atoms with Gasteiger partial charge in [-0.1, -0.05) is 0 Å². The van der Waals surface area contributed by atoms with E-state index < -0.39 is 11.2 Å². The highest BCUT2D eigenvalue weighted by Gasteiger charge is 2.12. The second kappa shape index (κ2) is 4.65. The van der Waals surface area contributed by atoms with E-state index in [0.717, 1.165) is 4.57 Å². The lowest BCUT2D eigenvalue weighted by Crippen LogP contribution is -2.42. The molecule has 0 aliphatic rings. The van der Waals surface area contributed by atoms with Crippen molar-refractivity contribution in [1.82, 2.24) is 14.0 Å². The van der Waals surface area contributed by atoms with Gasteiger partial charge in [0.25, 0.3) is 5.56 Å². The monoisotopic (exact) mass is 289 g/mol. The van der Waals surface area contributed by atoms with E-state index in [4.69, 9.17) is 0 Å². The summed E-state index contributed by atoms with van der Waals surface area (Å²) in [4.78, 5) is 36.0. The van der Waals surface area contributed by atoms with Crippen LogP contribution in [0.1, 0.15) is 0 Å². The van der Waals surface area contributed by atoms with Crippen LogP contribution in [0, 0.1) is 0 Å². The SMILES string of the molecule is CN(C)C(=O)Cn1c(=O)c(Br)cn(C)c1=O. The molecule has 0 N–H and O–H groups in total. The third-order valence-corrected chi connectivity index (χ3v) is 2.63. The minimum Gasteiger partial charge on any atom is -0.347 e. The van der Waals surface area contributed by atoms with Crippen molar-refractivity contribution in [3.63, 3.8) is 0 Å². The summed E-state index contributed by atoms with van der Waals surface area (Å²) in [6.07, 6.45) is 1.38. The first-order valence-corrected chi connectivity index (χ1v) is 5.30. The fourth-order valence-electron chi connectivity index (χ4n) is 1.10. The molecule has 1 amide bonds. The Morgan fingerprint density at radius 1 is 1.44 bits per heavy atom. The molecule has 1 aromatic rings. The molecule has 0 aliphatic carbocycles. The molecule has 16 heavy (non-hydrogen) atoms. The molecule has 1 aromatic heterocycles. The van der Waals surface area contributed by atoms with Gasteiger partial charge in [0.1, 0.15) is 6.54 Å². The molecule has 0 spiro atoms. The molecule has 0 radical (unpaired) electrons. The number of likely N-dealkylation sites (N-methyl/N-ethyl adjacent to an activating group) is 1. The molecule has 7 heteroatoms. The zero-order valence-electron chi connectivity index (χ0n) is 9.23. The lowest BCUT2D eigenvalue weighted by Gasteiger charge is -2.12. The molecule has 0 saturated heterocycles. The van der Waals surface area contributed by atoms with E-state index in [2.05, 4.69) is 15.9 Å². The Hall–Kier alpha value is -1.37. The van der Waals surface area contributed by atoms with Crippen molar-refractivity contribution in [2.24, 2.45) is 7.05 Å². The van der Waals surface area contributed by atoms with Gasteiger partial charge in [-0.25, -0.2) is 9.36 Å². The maximum absolute atomic E-state index is 11.6. The number of nitrogens with zero attached hydrogens (tertiary/aromatic N) is 3. The Balaban J connectivity index is 3.29. The second-order valence-corrected chi connectivity index (χ2v) is 4.40. The van der Waals surface area contributed by atoms with Crippen LogP contribution in [0.3, 0.4) is 0 Å². The van der Waals surface area contributed by atoms with E-state index >= 15 is 0 Å². The molecule has 1 rings (SSSR count). The molecule has 0 saturated carbocycles. The van der Waals surface area contributed by atoms with Gasteiger partial charge in [0.05, 0.1) is 4.47 Å². The molecule has 6 nitrogen and oxygen atoms in total. The molecule has 88 valence electrons. The van der Waals surface area contributed by atoms with Crippen molar-refractivity contribution in [2.45, 2.75) is 6.54 Å². The number of carbonyl (C=O) groups is 1. The average molecular weight is 290 g/mol. The van der Waals surface area contributed by atoms with E-state index in [0.29, 0.717) is 0 Å². The minimum atomic E-state index is -0.511. The summed E-state index contributed by atoms with van der Waals surface area (Å²) in [5.74, 6) is -0.308. The number of aromatic nitrogens is 2. The van der Waals surface area contributed by atoms with Gasteiger partial charge in [-0.15, -0.1) is 0 Å². The third kappa shape index (κ3) is 2.41. The average Bonchev–Trinajstić information content (AvgIpc) is 2.21. The van der Waals surface area contributed by atoms with Gasteiger partial charge >= 0.3 is 5.69 Å². The van der Waals surface area contributed by atoms with Crippen LogP contribution < -0.4 is 11.2 Å². The molecule has 0 aromatic carbocycles. The maximum Gasteiger partial charge on any atom is 0.331 e. The minimum absolute atomic E-state index is 0.251. The number of carbonyl (C=O) groups excluding carboxylic acids is 1. The molecular formula is C9H12BrN3O3. The quantitative estimate of drug-likeness (QED) is 0.730. The van der Waals surface area contributed by atoms with Crippen LogP contribution in [0.4, 0.5) is 0 Å². The van der Waals surface area contributed by atoms with Crippen molar-refractivity contribution >= 4 is 21.8 Å². The van der Waals surface area contributed by atoms with Gasteiger partial charge in [0.15, 0.2) is 0 Å². The molecule has 0 bridgehead atoms. The zero-order chi connectivity index (χ0) is 12.5. The maximum atomic E-state index is 11.6. The summed E-state index contributed by atoms with van der Waals surface area (Å²) in [6, 6.07) is 0. The van der Waals surface area contributed by atoms with E-state index in [-0.39, 0.29) is 16.9 Å². The lowest BCUT2D eigenvalue weighted by molar-refractivity contribution is -0.129. The van der Waals surface area contributed by atoms with Crippen LogP contribution >= 0.6 is 15.9 Å². The van der Waals surface area contributed by atoms with Crippen LogP contribution in [0.2, 0.25) is 0 Å². The van der Waals surface area contributed by atoms with Crippen molar-refractivity contribution in [1.29, 1.82) is 0 Å². The summed E-state index contributed by atoms with van der Waals surface area (Å²) in [5, 5.41) is 0. The molecule has 0 aliphatic heterocycles. The molecule has 0 atom stereocenters. The second-order valence-electron chi connectivity index (χ2n) is 3.55. The summed E-state index contributed by atoms with van der Waals surface area (Å²) < 4.78 is 2.39. The van der Waals surface area contributed by atoms with Crippen LogP contribution in [0.15, 0.2) is 20.3 Å². The summed E-state index contributed by atoms with van der Waals surface area (Å²) in [6.45, 7) is -0.252. The third-order valence-electron chi connectivity index (χ3n) is 2.08. The Labute approximate surface area is 100 Å². The number of rotatable bonds is 2. The van der Waals surface area contributed by atoms with Gasteiger partial charge < -0.3 is 9.47 Å². The van der Waals surface area contributed by atoms with Crippen LogP contribution in [0.25, 0.3) is 0 Å². The van der Waals surface area contributed by atoms with E-state index in [1.807, 2.05) is 0 Å². The van der Waals surface area contributed by atoms with E-state index in [1.54, 1.807) is 14.1 Å². The summed E-state index contributed by atoms with van der Waals surface area (Å²) in [5.41, 5.74) is -1.01. The summed E-state index contributed by atoms with van der Waals surface area (Å²) in [7, 11) is 4.65. The van der Waals surface area contributed by atoms with E-state index in [1.165, 1.54) is 22.7 Å². The van der Waals surface area contributed by atoms with Crippen molar-refractivity contribution < 1.29 is 4.79 Å². The number of halogens is 1. The predicted molar refractivity (Wildman–Crippen MR) is 62.3 cm³/mol. The van der Waals surface area contributed by atoms with Gasteiger partial charge in [0, 0.05) is 27.3 Å². The number of hydrogen-bond donors (Lipinski definition) is 0. The number of amides is 1. The lowest BCUT2D eigenvalue weighted by atomic mass is 10.5. The molecule has 0 fully saturated rings. The number of aryl methyl sites for hydroxylation is 1. The molecule has 1 heterocycles. The highest BCUT2D eigenvalue weighted by Crippen LogP contribution is 1.98. The van der Waals surface area contributed by atoms with Gasteiger partial charge in [-0.3, -0.25) is 9.59 Å². The fraction of sp³-hybridized carbons (Fsp3) is 0.444. The molecular weight excluding hydrogens is 278 g/mol. The topological polar surface area (TPSA) is 64.3 Å². The standard InChI is InChI=1S/C9H12BrN3O3/c1-11(2)7(14)5-13-8(15)6(10)4-12(3)9(13)16/h4H,5H2,1-3H3. The van der Waals surface area contributed by atoms with Crippen LogP contribution in [-0.4, -0.2) is 34.0 Å². The van der Waals surface area contributed by atoms with Crippen molar-refractivity contribution in [3.8, 4) is 0 Å². The largest absolute Gasteiger partial charge is 0.347 e. The fourth-order valence-corrected chi connectivity index (χ4v) is 1.62. The Bertz CT molecular complexity index is 496. The zero-order valence-corrected chi connectivity index (χ0v) is 10.8. The number of hydrogen-bond acceptors (Lipinski definition) is 3. The first-order chi connectivity index (χ1) is 7.34. The first-order valence-electron chi connectivity index (χ1n) is 4.50. The van der Waals surface area contributed by atoms with Gasteiger partial charge in [-0.2, -0.15) is 0 Å². The van der Waals surface area contributed by atoms with Gasteiger partial charge in [0.2, 0.25) is 5.91 Å². The van der Waals surface area contributed by atoms with Crippen LogP contribution in [-0.2, 0) is 18.4 Å². The Kier molecular flexibility index (Phi) is 3.69. The highest BCUT2D eigenvalue weighted by atomic mass is 79.9. The molecule has 0 unspecified atom stereocenters. The summed E-state index contributed by atoms with van der Waals surface area (Å²) >= 11 is 3.04. The predicted octanol–water partition coefficient (Wildman–Crippen LogP) is -0.602. The van der Waals surface area contributed by atoms with Crippen molar-refractivity contribution in [3.05, 3.63) is 31.5 Å². The van der Waals surface area contributed by atoms with E-state index in [9.17, 15) is 14.4 Å². The van der Waals surface area contributed by atoms with Crippen molar-refractivity contribution in [2.75, 3.05) is 14.1 Å².